The molecule has 1 radical (unpaired) electrons. The van der Waals surface area contributed by atoms with E-state index in [1.165, 1.54) is 19.3 Å². The molecule has 0 amide bonds. The average molecular weight is 193 g/mol. The smallest absolute Gasteiger partial charge is 0.0227 e. The first-order valence-electron chi connectivity index (χ1n) is 5.83. The normalized spacial score (nSPS) is 16.6. The summed E-state index contributed by atoms with van der Waals surface area (Å²) in [6.45, 7) is 10.5. The van der Waals surface area contributed by atoms with Crippen molar-refractivity contribution in [2.75, 3.05) is 0 Å². The maximum atomic E-state index is 3.70. The Morgan fingerprint density at radius 2 is 1.86 bits per heavy atom. The third-order valence-electron chi connectivity index (χ3n) is 2.45. The van der Waals surface area contributed by atoms with Crippen LogP contribution in [0.15, 0.2) is 24.3 Å². The van der Waals surface area contributed by atoms with E-state index in [0.29, 0.717) is 5.92 Å². The highest BCUT2D eigenvalue weighted by molar-refractivity contribution is 4.94. The van der Waals surface area contributed by atoms with E-state index in [1.807, 2.05) is 6.08 Å². The molecule has 0 heterocycles. The van der Waals surface area contributed by atoms with Gasteiger partial charge in [0.15, 0.2) is 0 Å². The summed E-state index contributed by atoms with van der Waals surface area (Å²) in [6.07, 6.45) is 13.8. The third-order valence-corrected chi connectivity index (χ3v) is 2.45. The molecule has 0 aliphatic heterocycles. The molecule has 0 spiro atoms. The van der Waals surface area contributed by atoms with Crippen molar-refractivity contribution in [2.45, 2.75) is 46.5 Å². The SMILES string of the molecule is [CH2]C=CC(C)CC=CC(C)CCCC. The van der Waals surface area contributed by atoms with Crippen LogP contribution in [0.25, 0.3) is 0 Å². The predicted molar refractivity (Wildman–Crippen MR) is 66.1 cm³/mol. The van der Waals surface area contributed by atoms with E-state index in [9.17, 15) is 0 Å². The Kier molecular flexibility index (Phi) is 8.72. The van der Waals surface area contributed by atoms with E-state index in [-0.39, 0.29) is 0 Å². The summed E-state index contributed by atoms with van der Waals surface area (Å²) in [4.78, 5) is 0. The van der Waals surface area contributed by atoms with Crippen LogP contribution in [0.5, 0.6) is 0 Å². The van der Waals surface area contributed by atoms with Gasteiger partial charge in [0.1, 0.15) is 0 Å². The number of unbranched alkanes of at least 4 members (excludes halogenated alkanes) is 1. The number of allylic oxidation sites excluding steroid dienone is 4. The lowest BCUT2D eigenvalue weighted by molar-refractivity contribution is 0.594. The topological polar surface area (TPSA) is 0 Å². The highest BCUT2D eigenvalue weighted by atomic mass is 14.0. The summed E-state index contributed by atoms with van der Waals surface area (Å²) in [5.41, 5.74) is 0. The monoisotopic (exact) mass is 193 g/mol. The van der Waals surface area contributed by atoms with E-state index in [1.54, 1.807) is 0 Å². The Hall–Kier alpha value is -0.520. The fourth-order valence-electron chi connectivity index (χ4n) is 1.46. The first-order valence-corrected chi connectivity index (χ1v) is 5.83. The highest BCUT2D eigenvalue weighted by Gasteiger charge is 1.96. The van der Waals surface area contributed by atoms with E-state index in [0.717, 1.165) is 12.3 Å². The van der Waals surface area contributed by atoms with Gasteiger partial charge in [-0.25, -0.2) is 0 Å². The molecule has 0 heteroatoms. The van der Waals surface area contributed by atoms with Crippen molar-refractivity contribution in [3.05, 3.63) is 31.2 Å². The third kappa shape index (κ3) is 8.10. The lowest BCUT2D eigenvalue weighted by Gasteiger charge is -2.05. The van der Waals surface area contributed by atoms with Crippen molar-refractivity contribution in [2.24, 2.45) is 11.8 Å². The van der Waals surface area contributed by atoms with Gasteiger partial charge in [0.05, 0.1) is 0 Å². The lowest BCUT2D eigenvalue weighted by atomic mass is 10.0. The molecule has 0 aliphatic carbocycles. The van der Waals surface area contributed by atoms with Crippen LogP contribution in [-0.4, -0.2) is 0 Å². The molecule has 0 saturated carbocycles. The van der Waals surface area contributed by atoms with Crippen LogP contribution in [0.4, 0.5) is 0 Å². The second kappa shape index (κ2) is 9.05. The standard InChI is InChI=1S/C14H25/c1-5-7-10-14(4)12-8-11-13(3)9-6-2/h6,8-9,12-14H,2,5,7,10-11H2,1,3-4H3. The van der Waals surface area contributed by atoms with Crippen molar-refractivity contribution >= 4 is 0 Å². The van der Waals surface area contributed by atoms with E-state index < -0.39 is 0 Å². The molecular formula is C14H25. The molecule has 81 valence electrons. The van der Waals surface area contributed by atoms with E-state index >= 15 is 0 Å². The van der Waals surface area contributed by atoms with E-state index in [4.69, 9.17) is 0 Å². The van der Waals surface area contributed by atoms with Crippen LogP contribution in [0, 0.1) is 18.8 Å². The molecule has 0 N–H and O–H groups in total. The van der Waals surface area contributed by atoms with Crippen LogP contribution in [-0.2, 0) is 0 Å². The fourth-order valence-corrected chi connectivity index (χ4v) is 1.46. The molecule has 0 bridgehead atoms. The molecule has 0 aliphatic rings. The quantitative estimate of drug-likeness (QED) is 0.510. The minimum atomic E-state index is 0.627. The molecule has 0 rings (SSSR count). The second-order valence-electron chi connectivity index (χ2n) is 4.19. The van der Waals surface area contributed by atoms with Crippen LogP contribution in [0.1, 0.15) is 46.5 Å². The van der Waals surface area contributed by atoms with Crippen molar-refractivity contribution < 1.29 is 0 Å². The Bertz CT molecular complexity index is 165. The van der Waals surface area contributed by atoms with Gasteiger partial charge in [-0.05, 0) is 31.6 Å². The maximum Gasteiger partial charge on any atom is -0.0227 e. The fraction of sp³-hybridized carbons (Fsp3) is 0.643. The minimum Gasteiger partial charge on any atom is -0.0880 e. The van der Waals surface area contributed by atoms with Crippen molar-refractivity contribution in [1.82, 2.24) is 0 Å². The molecule has 2 atom stereocenters. The van der Waals surface area contributed by atoms with Gasteiger partial charge in [0, 0.05) is 0 Å². The summed E-state index contributed by atoms with van der Waals surface area (Å²) in [6, 6.07) is 0. The molecule has 2 unspecified atom stereocenters. The van der Waals surface area contributed by atoms with Gasteiger partial charge in [0.2, 0.25) is 0 Å². The zero-order valence-electron chi connectivity index (χ0n) is 10.00. The van der Waals surface area contributed by atoms with Gasteiger partial charge in [-0.15, -0.1) is 0 Å². The zero-order valence-corrected chi connectivity index (χ0v) is 10.00. The average Bonchev–Trinajstić information content (AvgIpc) is 2.15. The molecule has 0 fully saturated rings. The first kappa shape index (κ1) is 13.5. The summed E-state index contributed by atoms with van der Waals surface area (Å²) in [5, 5.41) is 0. The largest absolute Gasteiger partial charge is 0.0880 e. The van der Waals surface area contributed by atoms with Crippen LogP contribution < -0.4 is 0 Å². The van der Waals surface area contributed by atoms with Crippen LogP contribution >= 0.6 is 0 Å². The zero-order chi connectivity index (χ0) is 10.8. The number of rotatable bonds is 7. The Morgan fingerprint density at radius 3 is 2.43 bits per heavy atom. The number of hydrogen-bond acceptors (Lipinski definition) is 0. The number of hydrogen-bond donors (Lipinski definition) is 0. The summed E-state index contributed by atoms with van der Waals surface area (Å²) < 4.78 is 0. The first-order chi connectivity index (χ1) is 6.70. The minimum absolute atomic E-state index is 0.627. The van der Waals surface area contributed by atoms with Gasteiger partial charge < -0.3 is 0 Å². The second-order valence-corrected chi connectivity index (χ2v) is 4.19. The molecule has 14 heavy (non-hydrogen) atoms. The maximum absolute atomic E-state index is 3.70. The molecule has 0 aromatic carbocycles. The Labute approximate surface area is 90.1 Å². The van der Waals surface area contributed by atoms with Gasteiger partial charge in [-0.1, -0.05) is 57.9 Å². The van der Waals surface area contributed by atoms with Gasteiger partial charge in [-0.3, -0.25) is 0 Å². The van der Waals surface area contributed by atoms with Crippen molar-refractivity contribution in [3.8, 4) is 0 Å². The summed E-state index contributed by atoms with van der Waals surface area (Å²) >= 11 is 0. The molecule has 0 aromatic rings. The van der Waals surface area contributed by atoms with E-state index in [2.05, 4.69) is 45.9 Å². The molecule has 0 saturated heterocycles. The summed E-state index contributed by atoms with van der Waals surface area (Å²) in [7, 11) is 0. The molecular weight excluding hydrogens is 168 g/mol. The van der Waals surface area contributed by atoms with Gasteiger partial charge in [0.25, 0.3) is 0 Å². The van der Waals surface area contributed by atoms with Gasteiger partial charge in [-0.2, -0.15) is 0 Å². The Balaban J connectivity index is 3.59. The van der Waals surface area contributed by atoms with Gasteiger partial charge >= 0.3 is 0 Å². The Morgan fingerprint density at radius 1 is 1.14 bits per heavy atom. The predicted octanol–water partition coefficient (Wildman–Crippen LogP) is 4.79. The molecule has 0 aromatic heterocycles. The molecule has 0 nitrogen and oxygen atoms in total. The van der Waals surface area contributed by atoms with Crippen molar-refractivity contribution in [3.63, 3.8) is 0 Å². The summed E-state index contributed by atoms with van der Waals surface area (Å²) in [5.74, 6) is 1.37. The lowest BCUT2D eigenvalue weighted by Crippen LogP contribution is -1.90. The van der Waals surface area contributed by atoms with Crippen molar-refractivity contribution in [1.29, 1.82) is 0 Å². The van der Waals surface area contributed by atoms with Crippen LogP contribution in [0.3, 0.4) is 0 Å². The van der Waals surface area contributed by atoms with Crippen LogP contribution in [0.2, 0.25) is 0 Å². The highest BCUT2D eigenvalue weighted by Crippen LogP contribution is 2.11.